The second-order valence-corrected chi connectivity index (χ2v) is 5.59. The number of aliphatic carboxylic acids is 1. The molecule has 0 bridgehead atoms. The summed E-state index contributed by atoms with van der Waals surface area (Å²) in [7, 11) is 0. The molecule has 1 aromatic rings. The van der Waals surface area contributed by atoms with Gasteiger partial charge in [0.25, 0.3) is 0 Å². The third-order valence-corrected chi connectivity index (χ3v) is 4.39. The summed E-state index contributed by atoms with van der Waals surface area (Å²) in [5, 5.41) is 11.0. The highest BCUT2D eigenvalue weighted by atomic mass is 32.1. The lowest BCUT2D eigenvalue weighted by molar-refractivity contribution is -0.156. The van der Waals surface area contributed by atoms with Crippen molar-refractivity contribution in [1.29, 1.82) is 0 Å². The largest absolute Gasteiger partial charge is 0.481 e. The van der Waals surface area contributed by atoms with Crippen molar-refractivity contribution in [3.63, 3.8) is 0 Å². The van der Waals surface area contributed by atoms with Gasteiger partial charge in [0.2, 0.25) is 5.91 Å². The van der Waals surface area contributed by atoms with Crippen LogP contribution in [-0.2, 0) is 16.1 Å². The number of carboxylic acid groups (broad SMARTS) is 1. The van der Waals surface area contributed by atoms with E-state index in [0.717, 1.165) is 4.88 Å². The lowest BCUT2D eigenvalue weighted by atomic mass is 9.73. The van der Waals surface area contributed by atoms with Gasteiger partial charge in [-0.3, -0.25) is 9.59 Å². The SMILES string of the molecule is CCN(Cc1cccs1)C(=O)C1CCC1C(=O)O. The van der Waals surface area contributed by atoms with E-state index in [4.69, 9.17) is 5.11 Å². The van der Waals surface area contributed by atoms with Gasteiger partial charge < -0.3 is 10.0 Å². The molecular formula is C13H17NO3S. The summed E-state index contributed by atoms with van der Waals surface area (Å²) < 4.78 is 0. The van der Waals surface area contributed by atoms with E-state index in [1.54, 1.807) is 16.2 Å². The molecule has 5 heteroatoms. The van der Waals surface area contributed by atoms with Crippen molar-refractivity contribution >= 4 is 23.2 Å². The number of carbonyl (C=O) groups is 2. The molecule has 2 rings (SSSR count). The highest BCUT2D eigenvalue weighted by molar-refractivity contribution is 7.09. The summed E-state index contributed by atoms with van der Waals surface area (Å²) in [6.07, 6.45) is 1.33. The van der Waals surface area contributed by atoms with Gasteiger partial charge in [-0.2, -0.15) is 0 Å². The number of rotatable bonds is 5. The Balaban J connectivity index is 1.99. The maximum Gasteiger partial charge on any atom is 0.307 e. The topological polar surface area (TPSA) is 57.6 Å². The van der Waals surface area contributed by atoms with E-state index in [0.29, 0.717) is 25.9 Å². The zero-order valence-electron chi connectivity index (χ0n) is 10.3. The van der Waals surface area contributed by atoms with Crippen LogP contribution in [0, 0.1) is 11.8 Å². The van der Waals surface area contributed by atoms with Gasteiger partial charge in [0.1, 0.15) is 0 Å². The first-order valence-electron chi connectivity index (χ1n) is 6.17. The van der Waals surface area contributed by atoms with Crippen molar-refractivity contribution in [3.8, 4) is 0 Å². The van der Waals surface area contributed by atoms with Crippen LogP contribution >= 0.6 is 11.3 Å². The standard InChI is InChI=1S/C13H17NO3S/c1-2-14(8-9-4-3-7-18-9)12(15)10-5-6-11(10)13(16)17/h3-4,7,10-11H,2,5-6,8H2,1H3,(H,16,17). The van der Waals surface area contributed by atoms with Crippen molar-refractivity contribution in [1.82, 2.24) is 4.90 Å². The molecule has 1 fully saturated rings. The van der Waals surface area contributed by atoms with Gasteiger partial charge in [0, 0.05) is 11.4 Å². The van der Waals surface area contributed by atoms with Gasteiger partial charge in [-0.1, -0.05) is 6.07 Å². The number of amides is 1. The Morgan fingerprint density at radius 1 is 1.44 bits per heavy atom. The summed E-state index contributed by atoms with van der Waals surface area (Å²) in [4.78, 5) is 26.1. The summed E-state index contributed by atoms with van der Waals surface area (Å²) in [6, 6.07) is 3.96. The maximum atomic E-state index is 12.3. The highest BCUT2D eigenvalue weighted by Gasteiger charge is 2.42. The Morgan fingerprint density at radius 2 is 2.17 bits per heavy atom. The Labute approximate surface area is 110 Å². The number of hydrogen-bond acceptors (Lipinski definition) is 3. The van der Waals surface area contributed by atoms with E-state index in [1.165, 1.54) is 0 Å². The Morgan fingerprint density at radius 3 is 2.61 bits per heavy atom. The molecule has 2 unspecified atom stereocenters. The van der Waals surface area contributed by atoms with Crippen LogP contribution in [0.2, 0.25) is 0 Å². The molecule has 2 atom stereocenters. The van der Waals surface area contributed by atoms with Crippen molar-refractivity contribution < 1.29 is 14.7 Å². The van der Waals surface area contributed by atoms with Crippen LogP contribution in [-0.4, -0.2) is 28.4 Å². The fourth-order valence-electron chi connectivity index (χ4n) is 2.26. The first-order chi connectivity index (χ1) is 8.63. The van der Waals surface area contributed by atoms with Gasteiger partial charge >= 0.3 is 5.97 Å². The maximum absolute atomic E-state index is 12.3. The molecule has 0 spiro atoms. The van der Waals surface area contributed by atoms with E-state index in [-0.39, 0.29) is 11.8 Å². The first kappa shape index (κ1) is 13.1. The zero-order chi connectivity index (χ0) is 13.1. The quantitative estimate of drug-likeness (QED) is 0.889. The number of thiophene rings is 1. The van der Waals surface area contributed by atoms with Gasteiger partial charge in [-0.15, -0.1) is 11.3 Å². The summed E-state index contributed by atoms with van der Waals surface area (Å²) in [5.41, 5.74) is 0. The number of carbonyl (C=O) groups excluding carboxylic acids is 1. The molecule has 1 amide bonds. The molecule has 0 aliphatic heterocycles. The Hall–Kier alpha value is -1.36. The highest BCUT2D eigenvalue weighted by Crippen LogP contribution is 2.36. The lowest BCUT2D eigenvalue weighted by Gasteiger charge is -2.35. The van der Waals surface area contributed by atoms with Crippen LogP contribution in [0.3, 0.4) is 0 Å². The van der Waals surface area contributed by atoms with Gasteiger partial charge in [0.15, 0.2) is 0 Å². The van der Waals surface area contributed by atoms with Crippen LogP contribution in [0.25, 0.3) is 0 Å². The number of carboxylic acids is 1. The summed E-state index contributed by atoms with van der Waals surface area (Å²) in [5.74, 6) is -1.64. The van der Waals surface area contributed by atoms with Gasteiger partial charge in [0.05, 0.1) is 18.4 Å². The van der Waals surface area contributed by atoms with E-state index in [1.807, 2.05) is 24.4 Å². The van der Waals surface area contributed by atoms with Crippen LogP contribution in [0.15, 0.2) is 17.5 Å². The Kier molecular flexibility index (Phi) is 4.01. The molecule has 4 nitrogen and oxygen atoms in total. The molecule has 0 saturated heterocycles. The molecule has 98 valence electrons. The van der Waals surface area contributed by atoms with E-state index in [2.05, 4.69) is 0 Å². The molecule has 1 aromatic heterocycles. The van der Waals surface area contributed by atoms with E-state index in [9.17, 15) is 9.59 Å². The smallest absolute Gasteiger partial charge is 0.307 e. The second kappa shape index (κ2) is 5.52. The molecule has 1 aliphatic rings. The second-order valence-electron chi connectivity index (χ2n) is 4.56. The average Bonchev–Trinajstić information content (AvgIpc) is 2.75. The van der Waals surface area contributed by atoms with E-state index < -0.39 is 11.9 Å². The predicted octanol–water partition coefficient (Wildman–Crippen LogP) is 2.21. The van der Waals surface area contributed by atoms with Crippen LogP contribution < -0.4 is 0 Å². The van der Waals surface area contributed by atoms with Crippen molar-refractivity contribution in [3.05, 3.63) is 22.4 Å². The number of nitrogens with zero attached hydrogens (tertiary/aromatic N) is 1. The predicted molar refractivity (Wildman–Crippen MR) is 69.3 cm³/mol. The normalized spacial score (nSPS) is 22.3. The Bertz CT molecular complexity index is 429. The molecule has 1 saturated carbocycles. The van der Waals surface area contributed by atoms with Crippen LogP contribution in [0.1, 0.15) is 24.6 Å². The molecule has 18 heavy (non-hydrogen) atoms. The number of hydrogen-bond donors (Lipinski definition) is 1. The van der Waals surface area contributed by atoms with Crippen LogP contribution in [0.5, 0.6) is 0 Å². The summed E-state index contributed by atoms with van der Waals surface area (Å²) >= 11 is 1.62. The molecule has 0 aromatic carbocycles. The minimum absolute atomic E-state index is 0.00968. The fourth-order valence-corrected chi connectivity index (χ4v) is 2.98. The molecule has 0 radical (unpaired) electrons. The lowest BCUT2D eigenvalue weighted by Crippen LogP contribution is -2.45. The first-order valence-corrected chi connectivity index (χ1v) is 7.05. The third kappa shape index (κ3) is 2.56. The third-order valence-electron chi connectivity index (χ3n) is 3.53. The minimum Gasteiger partial charge on any atom is -0.481 e. The minimum atomic E-state index is -0.841. The molecule has 1 heterocycles. The zero-order valence-corrected chi connectivity index (χ0v) is 11.2. The fraction of sp³-hybridized carbons (Fsp3) is 0.538. The van der Waals surface area contributed by atoms with Crippen molar-refractivity contribution in [2.45, 2.75) is 26.3 Å². The average molecular weight is 267 g/mol. The van der Waals surface area contributed by atoms with E-state index >= 15 is 0 Å². The molecule has 1 aliphatic carbocycles. The molecule has 1 N–H and O–H groups in total. The van der Waals surface area contributed by atoms with Crippen molar-refractivity contribution in [2.75, 3.05) is 6.54 Å². The van der Waals surface area contributed by atoms with Crippen molar-refractivity contribution in [2.24, 2.45) is 11.8 Å². The summed E-state index contributed by atoms with van der Waals surface area (Å²) in [6.45, 7) is 3.15. The van der Waals surface area contributed by atoms with Gasteiger partial charge in [-0.25, -0.2) is 0 Å². The monoisotopic (exact) mass is 267 g/mol. The van der Waals surface area contributed by atoms with Crippen LogP contribution in [0.4, 0.5) is 0 Å². The van der Waals surface area contributed by atoms with Gasteiger partial charge in [-0.05, 0) is 31.2 Å². The molecular weight excluding hydrogens is 250 g/mol.